The second kappa shape index (κ2) is 17.1. The summed E-state index contributed by atoms with van der Waals surface area (Å²) in [4.78, 5) is 9.85. The normalized spacial score (nSPS) is 7.25. The van der Waals surface area contributed by atoms with Gasteiger partial charge in [-0.2, -0.15) is 13.5 Å². The first-order chi connectivity index (χ1) is 5.27. The Morgan fingerprint density at radius 2 is 1.92 bits per heavy atom. The van der Waals surface area contributed by atoms with Gasteiger partial charge in [0.05, 0.1) is 0 Å². The van der Waals surface area contributed by atoms with E-state index < -0.39 is 6.09 Å². The van der Waals surface area contributed by atoms with E-state index in [0.29, 0.717) is 6.54 Å². The molecule has 0 aromatic carbocycles. The van der Waals surface area contributed by atoms with E-state index in [-0.39, 0.29) is 13.5 Å². The van der Waals surface area contributed by atoms with Gasteiger partial charge in [0.1, 0.15) is 0 Å². The maximum absolute atomic E-state index is 9.85. The summed E-state index contributed by atoms with van der Waals surface area (Å²) in [6.45, 7) is 2.67. The number of amides is 1. The molecule has 0 bridgehead atoms. The zero-order chi connectivity index (χ0) is 9.11. The van der Waals surface area contributed by atoms with Crippen molar-refractivity contribution in [1.29, 1.82) is 0 Å². The van der Waals surface area contributed by atoms with Crippen LogP contribution in [0.4, 0.5) is 4.79 Å². The molecule has 0 aromatic rings. The Hall–Kier alpha value is -0.0900. The first kappa shape index (κ1) is 17.9. The van der Waals surface area contributed by atoms with E-state index in [1.54, 1.807) is 0 Å². The van der Waals surface area contributed by atoms with Crippen LogP contribution in [-0.2, 0) is 0 Å². The Bertz CT molecular complexity index is 93.5. The molecular formula is C7H18ClNO2S. The van der Waals surface area contributed by atoms with Crippen LogP contribution in [0.25, 0.3) is 0 Å². The van der Waals surface area contributed by atoms with Gasteiger partial charge < -0.3 is 10.4 Å². The third-order valence-corrected chi connectivity index (χ3v) is 1.06. The largest absolute Gasteiger partial charge is 0.465 e. The van der Waals surface area contributed by atoms with E-state index in [1.165, 1.54) is 6.38 Å². The van der Waals surface area contributed by atoms with E-state index in [2.05, 4.69) is 23.8 Å². The van der Waals surface area contributed by atoms with Crippen LogP contribution in [0.1, 0.15) is 26.2 Å². The zero-order valence-corrected chi connectivity index (χ0v) is 9.32. The lowest BCUT2D eigenvalue weighted by Gasteiger charge is -1.96. The second-order valence-corrected chi connectivity index (χ2v) is 1.94. The highest BCUT2D eigenvalue weighted by atomic mass is 35.5. The number of halogens is 1. The summed E-state index contributed by atoms with van der Waals surface area (Å²) in [5.74, 6) is 0. The molecule has 2 N–H and O–H groups in total. The number of hydrogen-bond acceptors (Lipinski definition) is 1. The van der Waals surface area contributed by atoms with Gasteiger partial charge in [-0.15, -0.1) is 11.6 Å². The molecule has 0 fully saturated rings. The molecule has 0 saturated carbocycles. The standard InChI is InChI=1S/C6H13NO2.CH3Cl.H2S/c1-2-3-4-5-7-6(8)9;1-2;/h7H,2-5H2,1H3,(H,8,9);1H3;1H2. The van der Waals surface area contributed by atoms with Gasteiger partial charge in [0.25, 0.3) is 0 Å². The van der Waals surface area contributed by atoms with Gasteiger partial charge in [-0.3, -0.25) is 0 Å². The Morgan fingerprint density at radius 1 is 1.42 bits per heavy atom. The summed E-state index contributed by atoms with van der Waals surface area (Å²) in [6, 6.07) is 0. The minimum atomic E-state index is -0.925. The van der Waals surface area contributed by atoms with Crippen LogP contribution in [0.2, 0.25) is 0 Å². The maximum Gasteiger partial charge on any atom is 0.404 e. The number of carbonyl (C=O) groups is 1. The van der Waals surface area contributed by atoms with E-state index in [4.69, 9.17) is 5.11 Å². The summed E-state index contributed by atoms with van der Waals surface area (Å²) in [7, 11) is 0. The molecule has 12 heavy (non-hydrogen) atoms. The number of rotatable bonds is 4. The van der Waals surface area contributed by atoms with Crippen molar-refractivity contribution in [2.24, 2.45) is 0 Å². The van der Waals surface area contributed by atoms with E-state index >= 15 is 0 Å². The summed E-state index contributed by atoms with van der Waals surface area (Å²) in [5, 5.41) is 10.4. The van der Waals surface area contributed by atoms with Crippen LogP contribution in [0.3, 0.4) is 0 Å². The molecule has 0 aromatic heterocycles. The SMILES string of the molecule is CCCCCNC(=O)O.CCl.S. The highest BCUT2D eigenvalue weighted by Crippen LogP contribution is 1.90. The van der Waals surface area contributed by atoms with Gasteiger partial charge in [-0.25, -0.2) is 4.79 Å². The Morgan fingerprint density at radius 3 is 2.25 bits per heavy atom. The lowest BCUT2D eigenvalue weighted by Crippen LogP contribution is -2.21. The number of unbranched alkanes of at least 4 members (excludes halogenated alkanes) is 2. The highest BCUT2D eigenvalue weighted by molar-refractivity contribution is 7.59. The Labute approximate surface area is 85.9 Å². The van der Waals surface area contributed by atoms with E-state index in [0.717, 1.165) is 19.3 Å². The predicted molar refractivity (Wildman–Crippen MR) is 57.7 cm³/mol. The van der Waals surface area contributed by atoms with Gasteiger partial charge in [-0.1, -0.05) is 19.8 Å². The van der Waals surface area contributed by atoms with Crippen molar-refractivity contribution in [3.63, 3.8) is 0 Å². The molecule has 0 radical (unpaired) electrons. The van der Waals surface area contributed by atoms with Crippen LogP contribution in [0.15, 0.2) is 0 Å². The van der Waals surface area contributed by atoms with Gasteiger partial charge >= 0.3 is 6.09 Å². The highest BCUT2D eigenvalue weighted by Gasteiger charge is 1.90. The second-order valence-electron chi connectivity index (χ2n) is 1.94. The number of carboxylic acid groups (broad SMARTS) is 1. The van der Waals surface area contributed by atoms with E-state index in [9.17, 15) is 4.79 Å². The average molecular weight is 216 g/mol. The van der Waals surface area contributed by atoms with Crippen LogP contribution >= 0.6 is 25.1 Å². The van der Waals surface area contributed by atoms with Crippen molar-refractivity contribution in [1.82, 2.24) is 5.32 Å². The summed E-state index contributed by atoms with van der Waals surface area (Å²) >= 11 is 4.64. The third kappa shape index (κ3) is 22.5. The average Bonchev–Trinajstić information content (AvgIpc) is 2.02. The van der Waals surface area contributed by atoms with Gasteiger partial charge in [0, 0.05) is 12.9 Å². The molecule has 0 atom stereocenters. The molecule has 0 heterocycles. The predicted octanol–water partition coefficient (Wildman–Crippen LogP) is 2.41. The van der Waals surface area contributed by atoms with Crippen molar-refractivity contribution < 1.29 is 9.90 Å². The molecule has 0 aliphatic carbocycles. The molecule has 5 heteroatoms. The third-order valence-electron chi connectivity index (χ3n) is 1.06. The van der Waals surface area contributed by atoms with Gasteiger partial charge in [-0.05, 0) is 6.42 Å². The molecule has 3 nitrogen and oxygen atoms in total. The summed E-state index contributed by atoms with van der Waals surface area (Å²) < 4.78 is 0. The Kier molecular flexibility index (Phi) is 25.5. The molecule has 0 aliphatic rings. The first-order valence-electron chi connectivity index (χ1n) is 3.62. The maximum atomic E-state index is 9.85. The smallest absolute Gasteiger partial charge is 0.404 e. The fourth-order valence-electron chi connectivity index (χ4n) is 0.570. The molecule has 0 saturated heterocycles. The summed E-state index contributed by atoms with van der Waals surface area (Å²) in [5.41, 5.74) is 0. The fraction of sp³-hybridized carbons (Fsp3) is 0.857. The van der Waals surface area contributed by atoms with Crippen molar-refractivity contribution in [3.05, 3.63) is 0 Å². The molecule has 0 rings (SSSR count). The molecule has 0 unspecified atom stereocenters. The van der Waals surface area contributed by atoms with Gasteiger partial charge in [0.2, 0.25) is 0 Å². The summed E-state index contributed by atoms with van der Waals surface area (Å²) in [6.07, 6.45) is 3.72. The van der Waals surface area contributed by atoms with E-state index in [1.807, 2.05) is 0 Å². The van der Waals surface area contributed by atoms with Crippen molar-refractivity contribution in [3.8, 4) is 0 Å². The lowest BCUT2D eigenvalue weighted by molar-refractivity contribution is 0.194. The van der Waals surface area contributed by atoms with Crippen LogP contribution < -0.4 is 5.32 Å². The minimum absolute atomic E-state index is 0. The minimum Gasteiger partial charge on any atom is -0.465 e. The number of alkyl halides is 1. The molecule has 1 amide bonds. The number of nitrogens with one attached hydrogen (secondary N) is 1. The molecule has 0 spiro atoms. The molecule has 0 aliphatic heterocycles. The van der Waals surface area contributed by atoms with Crippen molar-refractivity contribution >= 4 is 31.2 Å². The monoisotopic (exact) mass is 215 g/mol. The van der Waals surface area contributed by atoms with Crippen LogP contribution in [0.5, 0.6) is 0 Å². The van der Waals surface area contributed by atoms with Crippen molar-refractivity contribution in [2.45, 2.75) is 26.2 Å². The topological polar surface area (TPSA) is 49.3 Å². The fourth-order valence-corrected chi connectivity index (χ4v) is 0.570. The van der Waals surface area contributed by atoms with Crippen LogP contribution in [-0.4, -0.2) is 24.1 Å². The van der Waals surface area contributed by atoms with Crippen LogP contribution in [0, 0.1) is 0 Å². The quantitative estimate of drug-likeness (QED) is 0.559. The molecular weight excluding hydrogens is 198 g/mol. The lowest BCUT2D eigenvalue weighted by atomic mass is 10.2. The molecule has 76 valence electrons. The first-order valence-corrected chi connectivity index (χ1v) is 4.37. The van der Waals surface area contributed by atoms with Gasteiger partial charge in [0.15, 0.2) is 0 Å². The Balaban J connectivity index is -0.000000249. The zero-order valence-electron chi connectivity index (χ0n) is 7.56. The number of hydrogen-bond donors (Lipinski definition) is 2. The van der Waals surface area contributed by atoms with Crippen molar-refractivity contribution in [2.75, 3.05) is 12.9 Å².